The van der Waals surface area contributed by atoms with Crippen LogP contribution in [0.5, 0.6) is 5.75 Å². The first-order valence-electron chi connectivity index (χ1n) is 8.76. The highest BCUT2D eigenvalue weighted by atomic mass is 16.5. The van der Waals surface area contributed by atoms with Crippen molar-refractivity contribution in [3.05, 3.63) is 59.2 Å². The van der Waals surface area contributed by atoms with Gasteiger partial charge < -0.3 is 14.8 Å². The molecule has 0 saturated heterocycles. The number of carbonyl (C=O) groups excluding carboxylic acids is 2. The Bertz CT molecular complexity index is 787. The Labute approximate surface area is 160 Å². The zero-order valence-corrected chi connectivity index (χ0v) is 16.2. The normalized spacial score (nSPS) is 10.6. The molecule has 0 spiro atoms. The highest BCUT2D eigenvalue weighted by molar-refractivity contribution is 5.93. The molecule has 0 atom stereocenters. The Hall–Kier alpha value is -2.86. The van der Waals surface area contributed by atoms with E-state index in [2.05, 4.69) is 10.1 Å². The van der Waals surface area contributed by atoms with Gasteiger partial charge in [0.05, 0.1) is 19.2 Å². The standard InChI is InChI=1S/C21H26N2O4/c1-15-6-5-7-19(16(15)2)22-20(24)14-23(3)12-13-27-18-10-8-17(9-11-18)21(25)26-4/h5-11H,12-14H2,1-4H3,(H,22,24). The molecular formula is C21H26N2O4. The summed E-state index contributed by atoms with van der Waals surface area (Å²) in [7, 11) is 3.21. The second-order valence-corrected chi connectivity index (χ2v) is 6.40. The van der Waals surface area contributed by atoms with Gasteiger partial charge in [0.1, 0.15) is 12.4 Å². The lowest BCUT2D eigenvalue weighted by Crippen LogP contribution is -2.33. The molecule has 1 N–H and O–H groups in total. The van der Waals surface area contributed by atoms with Gasteiger partial charge in [-0.2, -0.15) is 0 Å². The first-order valence-corrected chi connectivity index (χ1v) is 8.76. The quantitative estimate of drug-likeness (QED) is 0.724. The van der Waals surface area contributed by atoms with E-state index in [4.69, 9.17) is 4.74 Å². The molecular weight excluding hydrogens is 344 g/mol. The van der Waals surface area contributed by atoms with Crippen LogP contribution in [0.3, 0.4) is 0 Å². The Balaban J connectivity index is 1.75. The molecule has 2 aromatic carbocycles. The summed E-state index contributed by atoms with van der Waals surface area (Å²) in [5.41, 5.74) is 3.54. The van der Waals surface area contributed by atoms with Crippen molar-refractivity contribution >= 4 is 17.6 Å². The maximum absolute atomic E-state index is 12.2. The van der Waals surface area contributed by atoms with Crippen LogP contribution in [0.4, 0.5) is 5.69 Å². The summed E-state index contributed by atoms with van der Waals surface area (Å²) in [6.45, 7) is 5.32. The Kier molecular flexibility index (Phi) is 7.37. The molecule has 6 heteroatoms. The van der Waals surface area contributed by atoms with Crippen molar-refractivity contribution in [2.75, 3.05) is 39.2 Å². The molecule has 0 aliphatic heterocycles. The van der Waals surface area contributed by atoms with Crippen LogP contribution in [0.2, 0.25) is 0 Å². The molecule has 0 fully saturated rings. The molecule has 1 amide bonds. The van der Waals surface area contributed by atoms with Gasteiger partial charge in [-0.05, 0) is 62.4 Å². The third-order valence-corrected chi connectivity index (χ3v) is 4.31. The number of hydrogen-bond donors (Lipinski definition) is 1. The maximum atomic E-state index is 12.2. The molecule has 0 radical (unpaired) electrons. The summed E-state index contributed by atoms with van der Waals surface area (Å²) in [5, 5.41) is 2.95. The number of esters is 1. The highest BCUT2D eigenvalue weighted by Crippen LogP contribution is 2.17. The fourth-order valence-corrected chi connectivity index (χ4v) is 2.52. The van der Waals surface area contributed by atoms with Crippen molar-refractivity contribution in [3.8, 4) is 5.75 Å². The van der Waals surface area contributed by atoms with E-state index in [-0.39, 0.29) is 18.4 Å². The van der Waals surface area contributed by atoms with Gasteiger partial charge in [0.25, 0.3) is 0 Å². The molecule has 2 rings (SSSR count). The minimum atomic E-state index is -0.379. The lowest BCUT2D eigenvalue weighted by molar-refractivity contribution is -0.117. The number of likely N-dealkylation sites (N-methyl/N-ethyl adjacent to an activating group) is 1. The Morgan fingerprint density at radius 2 is 1.78 bits per heavy atom. The summed E-state index contributed by atoms with van der Waals surface area (Å²) < 4.78 is 10.3. The molecule has 0 bridgehead atoms. The summed E-state index contributed by atoms with van der Waals surface area (Å²) >= 11 is 0. The van der Waals surface area contributed by atoms with Crippen LogP contribution in [0.15, 0.2) is 42.5 Å². The summed E-state index contributed by atoms with van der Waals surface area (Å²) in [6.07, 6.45) is 0. The van der Waals surface area contributed by atoms with Gasteiger partial charge >= 0.3 is 5.97 Å². The van der Waals surface area contributed by atoms with E-state index in [1.807, 2.05) is 44.0 Å². The van der Waals surface area contributed by atoms with Crippen molar-refractivity contribution in [1.82, 2.24) is 4.90 Å². The lowest BCUT2D eigenvalue weighted by Gasteiger charge is -2.17. The first-order chi connectivity index (χ1) is 12.9. The number of ether oxygens (including phenoxy) is 2. The van der Waals surface area contributed by atoms with E-state index in [0.29, 0.717) is 24.5 Å². The summed E-state index contributed by atoms with van der Waals surface area (Å²) in [6, 6.07) is 12.6. The zero-order chi connectivity index (χ0) is 19.8. The van der Waals surface area contributed by atoms with Crippen molar-refractivity contribution in [2.24, 2.45) is 0 Å². The summed E-state index contributed by atoms with van der Waals surface area (Å²) in [4.78, 5) is 25.5. The molecule has 0 heterocycles. The fraction of sp³-hybridized carbons (Fsp3) is 0.333. The minimum Gasteiger partial charge on any atom is -0.492 e. The molecule has 27 heavy (non-hydrogen) atoms. The topological polar surface area (TPSA) is 67.9 Å². The van der Waals surface area contributed by atoms with Gasteiger partial charge in [-0.1, -0.05) is 12.1 Å². The summed E-state index contributed by atoms with van der Waals surface area (Å²) in [5.74, 6) is 0.223. The first kappa shape index (κ1) is 20.5. The smallest absolute Gasteiger partial charge is 0.337 e. The number of anilines is 1. The van der Waals surface area contributed by atoms with Crippen LogP contribution in [-0.4, -0.2) is 50.6 Å². The number of nitrogens with zero attached hydrogens (tertiary/aromatic N) is 1. The van der Waals surface area contributed by atoms with Gasteiger partial charge in [0.15, 0.2) is 0 Å². The fourth-order valence-electron chi connectivity index (χ4n) is 2.52. The van der Waals surface area contributed by atoms with Gasteiger partial charge in [-0.15, -0.1) is 0 Å². The molecule has 0 unspecified atom stereocenters. The average molecular weight is 370 g/mol. The third kappa shape index (κ3) is 6.11. The van der Waals surface area contributed by atoms with E-state index in [0.717, 1.165) is 16.8 Å². The van der Waals surface area contributed by atoms with Crippen LogP contribution < -0.4 is 10.1 Å². The van der Waals surface area contributed by atoms with E-state index < -0.39 is 0 Å². The number of methoxy groups -OCH3 is 1. The van der Waals surface area contributed by atoms with Crippen molar-refractivity contribution in [3.63, 3.8) is 0 Å². The van der Waals surface area contributed by atoms with Crippen LogP contribution >= 0.6 is 0 Å². The zero-order valence-electron chi connectivity index (χ0n) is 16.2. The Morgan fingerprint density at radius 1 is 1.07 bits per heavy atom. The molecule has 2 aromatic rings. The van der Waals surface area contributed by atoms with Crippen molar-refractivity contribution in [1.29, 1.82) is 0 Å². The maximum Gasteiger partial charge on any atom is 0.337 e. The SMILES string of the molecule is COC(=O)c1ccc(OCCN(C)CC(=O)Nc2cccc(C)c2C)cc1. The number of nitrogens with one attached hydrogen (secondary N) is 1. The number of rotatable bonds is 8. The van der Waals surface area contributed by atoms with Crippen LogP contribution in [0, 0.1) is 13.8 Å². The number of benzene rings is 2. The van der Waals surface area contributed by atoms with Crippen LogP contribution in [-0.2, 0) is 9.53 Å². The molecule has 0 aromatic heterocycles. The van der Waals surface area contributed by atoms with E-state index in [1.54, 1.807) is 24.3 Å². The molecule has 0 saturated carbocycles. The predicted molar refractivity (Wildman–Crippen MR) is 105 cm³/mol. The minimum absolute atomic E-state index is 0.0615. The largest absolute Gasteiger partial charge is 0.492 e. The Morgan fingerprint density at radius 3 is 2.44 bits per heavy atom. The molecule has 144 valence electrons. The number of aryl methyl sites for hydroxylation is 1. The second kappa shape index (κ2) is 9.73. The molecule has 0 aliphatic rings. The van der Waals surface area contributed by atoms with Gasteiger partial charge in [0, 0.05) is 12.2 Å². The second-order valence-electron chi connectivity index (χ2n) is 6.40. The van der Waals surface area contributed by atoms with Crippen LogP contribution in [0.25, 0.3) is 0 Å². The van der Waals surface area contributed by atoms with Crippen LogP contribution in [0.1, 0.15) is 21.5 Å². The van der Waals surface area contributed by atoms with Gasteiger partial charge in [-0.3, -0.25) is 9.69 Å². The number of hydrogen-bond acceptors (Lipinski definition) is 5. The number of amides is 1. The predicted octanol–water partition coefficient (Wildman–Crippen LogP) is 3.04. The molecule has 0 aliphatic carbocycles. The lowest BCUT2D eigenvalue weighted by atomic mass is 10.1. The van der Waals surface area contributed by atoms with Crippen molar-refractivity contribution < 1.29 is 19.1 Å². The van der Waals surface area contributed by atoms with Crippen molar-refractivity contribution in [2.45, 2.75) is 13.8 Å². The van der Waals surface area contributed by atoms with E-state index in [1.165, 1.54) is 7.11 Å². The third-order valence-electron chi connectivity index (χ3n) is 4.31. The van der Waals surface area contributed by atoms with Gasteiger partial charge in [-0.25, -0.2) is 4.79 Å². The van der Waals surface area contributed by atoms with E-state index >= 15 is 0 Å². The monoisotopic (exact) mass is 370 g/mol. The highest BCUT2D eigenvalue weighted by Gasteiger charge is 2.09. The molecule has 6 nitrogen and oxygen atoms in total. The average Bonchev–Trinajstić information content (AvgIpc) is 2.65. The number of carbonyl (C=O) groups is 2. The van der Waals surface area contributed by atoms with Gasteiger partial charge in [0.2, 0.25) is 5.91 Å². The van der Waals surface area contributed by atoms with E-state index in [9.17, 15) is 9.59 Å².